The molecule has 0 aromatic carbocycles. The number of hydrogen-bond donors (Lipinski definition) is 0. The molecule has 1 heteroatoms. The molecule has 0 aromatic heterocycles. The van der Waals surface area contributed by atoms with Crippen LogP contribution in [0.1, 0.15) is 65.2 Å². The largest absolute Gasteiger partial charge is 2.00 e. The van der Waals surface area contributed by atoms with E-state index in [1.807, 2.05) is 0 Å². The zero-order valence-corrected chi connectivity index (χ0v) is 11.2. The van der Waals surface area contributed by atoms with Crippen LogP contribution in [0, 0.1) is 13.8 Å². The monoisotopic (exact) mass is 194 g/mol. The SMILES string of the molecule is [CH2-]CCC.[CH2-]CCCCCCC.[Mg+2]. The summed E-state index contributed by atoms with van der Waals surface area (Å²) in [7, 11) is 0. The van der Waals surface area contributed by atoms with E-state index in [2.05, 4.69) is 27.7 Å². The van der Waals surface area contributed by atoms with E-state index in [-0.39, 0.29) is 23.1 Å². The van der Waals surface area contributed by atoms with E-state index in [4.69, 9.17) is 0 Å². The zero-order valence-electron chi connectivity index (χ0n) is 9.78. The fraction of sp³-hybridized carbons (Fsp3) is 0.833. The van der Waals surface area contributed by atoms with Gasteiger partial charge in [0.25, 0.3) is 0 Å². The Hall–Kier alpha value is 0.766. The smallest absolute Gasteiger partial charge is 0.343 e. The van der Waals surface area contributed by atoms with Gasteiger partial charge in [-0.2, -0.15) is 12.8 Å². The number of rotatable bonds is 6. The maximum absolute atomic E-state index is 3.78. The minimum Gasteiger partial charge on any atom is -0.343 e. The van der Waals surface area contributed by atoms with Gasteiger partial charge >= 0.3 is 23.1 Å². The third-order valence-electron chi connectivity index (χ3n) is 1.71. The Balaban J connectivity index is -0.000000173. The molecule has 0 unspecified atom stereocenters. The fourth-order valence-electron chi connectivity index (χ4n) is 0.780. The predicted octanol–water partition coefficient (Wildman–Crippen LogP) is 4.42. The van der Waals surface area contributed by atoms with Crippen LogP contribution in [0.3, 0.4) is 0 Å². The van der Waals surface area contributed by atoms with Gasteiger partial charge in [0.1, 0.15) is 0 Å². The molecule has 0 heterocycles. The van der Waals surface area contributed by atoms with Crippen LogP contribution in [0.5, 0.6) is 0 Å². The molecule has 0 radical (unpaired) electrons. The number of unbranched alkanes of at least 4 members (excludes halogenated alkanes) is 6. The van der Waals surface area contributed by atoms with E-state index in [1.165, 1.54) is 38.5 Å². The summed E-state index contributed by atoms with van der Waals surface area (Å²) >= 11 is 0. The molecule has 0 nitrogen and oxygen atoms in total. The predicted molar refractivity (Wildman–Crippen MR) is 64.8 cm³/mol. The molecule has 0 aliphatic carbocycles. The van der Waals surface area contributed by atoms with Crippen LogP contribution in [0.4, 0.5) is 0 Å². The van der Waals surface area contributed by atoms with Crippen molar-refractivity contribution < 1.29 is 0 Å². The molecule has 0 amide bonds. The van der Waals surface area contributed by atoms with Gasteiger partial charge < -0.3 is 13.8 Å². The van der Waals surface area contributed by atoms with Crippen molar-refractivity contribution in [2.24, 2.45) is 0 Å². The summed E-state index contributed by atoms with van der Waals surface area (Å²) in [4.78, 5) is 0. The van der Waals surface area contributed by atoms with Gasteiger partial charge in [0.05, 0.1) is 0 Å². The summed E-state index contributed by atoms with van der Waals surface area (Å²) in [5, 5.41) is 0. The summed E-state index contributed by atoms with van der Waals surface area (Å²) < 4.78 is 0. The molecule has 0 aliphatic rings. The van der Waals surface area contributed by atoms with Crippen molar-refractivity contribution in [3.63, 3.8) is 0 Å². The van der Waals surface area contributed by atoms with E-state index in [0.717, 1.165) is 12.8 Å². The molecule has 0 N–H and O–H groups in total. The Kier molecular flexibility index (Phi) is 34.2. The molecule has 13 heavy (non-hydrogen) atoms. The molecule has 0 spiro atoms. The fourth-order valence-corrected chi connectivity index (χ4v) is 0.780. The Bertz CT molecular complexity index is 45.1. The third kappa shape index (κ3) is 32.3. The van der Waals surface area contributed by atoms with Crippen LogP contribution in [0.2, 0.25) is 0 Å². The molecule has 0 rings (SSSR count). The Morgan fingerprint density at radius 2 is 1.15 bits per heavy atom. The van der Waals surface area contributed by atoms with Gasteiger partial charge in [0.15, 0.2) is 0 Å². The topological polar surface area (TPSA) is 0 Å². The molecule has 0 bridgehead atoms. The molecule has 0 saturated carbocycles. The molecule has 0 atom stereocenters. The Morgan fingerprint density at radius 1 is 0.692 bits per heavy atom. The van der Waals surface area contributed by atoms with Gasteiger partial charge in [-0.05, 0) is 0 Å². The molecule has 0 aromatic rings. The second-order valence-electron chi connectivity index (χ2n) is 3.12. The minimum atomic E-state index is 0. The van der Waals surface area contributed by atoms with Crippen molar-refractivity contribution in [1.29, 1.82) is 0 Å². The summed E-state index contributed by atoms with van der Waals surface area (Å²) in [5.41, 5.74) is 0. The van der Waals surface area contributed by atoms with Gasteiger partial charge in [-0.1, -0.05) is 52.4 Å². The third-order valence-corrected chi connectivity index (χ3v) is 1.71. The maximum Gasteiger partial charge on any atom is 2.00 e. The second-order valence-corrected chi connectivity index (χ2v) is 3.12. The molecular weight excluding hydrogens is 168 g/mol. The van der Waals surface area contributed by atoms with Crippen LogP contribution in [0.15, 0.2) is 0 Å². The van der Waals surface area contributed by atoms with E-state index >= 15 is 0 Å². The van der Waals surface area contributed by atoms with Gasteiger partial charge in [0, 0.05) is 0 Å². The Morgan fingerprint density at radius 3 is 1.46 bits per heavy atom. The first-order valence-electron chi connectivity index (χ1n) is 5.41. The normalized spacial score (nSPS) is 8.31. The first-order valence-corrected chi connectivity index (χ1v) is 5.41. The quantitative estimate of drug-likeness (QED) is 0.334. The first-order chi connectivity index (χ1) is 5.83. The standard InChI is InChI=1S/C8H17.C4H9.Mg/c1-3-5-7-8-6-4-2;1-3-4-2;/h1,3-8H2,2H3;1,3-4H2,2H3;/q2*-1;+2. The van der Waals surface area contributed by atoms with Gasteiger partial charge in [-0.15, -0.1) is 0 Å². The molecular formula is C12H26Mg. The summed E-state index contributed by atoms with van der Waals surface area (Å²) in [6.07, 6.45) is 10.3. The van der Waals surface area contributed by atoms with E-state index in [9.17, 15) is 0 Å². The van der Waals surface area contributed by atoms with Crippen molar-refractivity contribution in [2.75, 3.05) is 0 Å². The van der Waals surface area contributed by atoms with Gasteiger partial charge in [-0.3, -0.25) is 0 Å². The maximum atomic E-state index is 3.78. The summed E-state index contributed by atoms with van der Waals surface area (Å²) in [6, 6.07) is 0. The summed E-state index contributed by atoms with van der Waals surface area (Å²) in [5.74, 6) is 0. The number of hydrogen-bond acceptors (Lipinski definition) is 0. The average molecular weight is 195 g/mol. The van der Waals surface area contributed by atoms with Gasteiger partial charge in [0.2, 0.25) is 0 Å². The van der Waals surface area contributed by atoms with Crippen LogP contribution in [-0.4, -0.2) is 23.1 Å². The van der Waals surface area contributed by atoms with Gasteiger partial charge in [-0.25, -0.2) is 0 Å². The summed E-state index contributed by atoms with van der Waals surface area (Å²) in [6.45, 7) is 11.7. The van der Waals surface area contributed by atoms with Crippen molar-refractivity contribution in [1.82, 2.24) is 0 Å². The molecule has 0 aliphatic heterocycles. The van der Waals surface area contributed by atoms with E-state index in [1.54, 1.807) is 0 Å². The van der Waals surface area contributed by atoms with Crippen LogP contribution in [0.25, 0.3) is 0 Å². The second kappa shape index (κ2) is 23.0. The van der Waals surface area contributed by atoms with Crippen LogP contribution in [-0.2, 0) is 0 Å². The Labute approximate surface area is 102 Å². The van der Waals surface area contributed by atoms with Crippen molar-refractivity contribution in [3.8, 4) is 0 Å². The van der Waals surface area contributed by atoms with Crippen LogP contribution >= 0.6 is 0 Å². The first kappa shape index (κ1) is 19.4. The van der Waals surface area contributed by atoms with Crippen LogP contribution < -0.4 is 0 Å². The molecule has 0 saturated heterocycles. The van der Waals surface area contributed by atoms with Crippen molar-refractivity contribution >= 4 is 23.1 Å². The van der Waals surface area contributed by atoms with E-state index < -0.39 is 0 Å². The molecule has 76 valence electrons. The van der Waals surface area contributed by atoms with Crippen molar-refractivity contribution in [2.45, 2.75) is 65.2 Å². The zero-order chi connectivity index (χ0) is 9.66. The minimum absolute atomic E-state index is 0. The van der Waals surface area contributed by atoms with Crippen molar-refractivity contribution in [3.05, 3.63) is 13.8 Å². The molecule has 0 fully saturated rings. The average Bonchev–Trinajstić information content (AvgIpc) is 2.13. The van der Waals surface area contributed by atoms with E-state index in [0.29, 0.717) is 0 Å².